The predicted molar refractivity (Wildman–Crippen MR) is 118 cm³/mol. The van der Waals surface area contributed by atoms with E-state index in [1.54, 1.807) is 14.1 Å². The zero-order valence-electron chi connectivity index (χ0n) is 19.4. The molecule has 2 heterocycles. The van der Waals surface area contributed by atoms with Crippen LogP contribution in [0.2, 0.25) is 0 Å². The molecule has 2 aromatic carbocycles. The minimum absolute atomic E-state index is 0.00505. The first kappa shape index (κ1) is 25.7. The average Bonchev–Trinajstić information content (AvgIpc) is 2.80. The Morgan fingerprint density at radius 1 is 1.05 bits per heavy atom. The van der Waals surface area contributed by atoms with Gasteiger partial charge in [0, 0.05) is 25.2 Å². The summed E-state index contributed by atoms with van der Waals surface area (Å²) in [5, 5.41) is 0.00505. The van der Waals surface area contributed by atoms with Gasteiger partial charge in [0.15, 0.2) is 5.82 Å². The Balaban J connectivity index is 2.03. The fourth-order valence-corrected chi connectivity index (χ4v) is 3.65. The number of amides is 2. The lowest BCUT2D eigenvalue weighted by Gasteiger charge is -2.36. The molecule has 0 N–H and O–H groups in total. The number of aromatic nitrogens is 2. The Bertz CT molecular complexity index is 1390. The maximum Gasteiger partial charge on any atom is 0.493 e. The maximum absolute atomic E-state index is 14.8. The summed E-state index contributed by atoms with van der Waals surface area (Å²) < 4.78 is 82.3. The number of aryl methyl sites for hydroxylation is 1. The molecule has 0 spiro atoms. The summed E-state index contributed by atoms with van der Waals surface area (Å²) >= 11 is 0. The summed E-state index contributed by atoms with van der Waals surface area (Å²) in [5.74, 6) is -6.20. The van der Waals surface area contributed by atoms with Gasteiger partial charge in [-0.1, -0.05) is 6.07 Å². The molecule has 14 heteroatoms. The van der Waals surface area contributed by atoms with Crippen LogP contribution in [0.25, 0.3) is 11.3 Å². The summed E-state index contributed by atoms with van der Waals surface area (Å²) in [6, 6.07) is 4.76. The first-order valence-corrected chi connectivity index (χ1v) is 10.5. The molecule has 0 bridgehead atoms. The number of hydroxylamine groups is 2. The Kier molecular flexibility index (Phi) is 6.44. The topological polar surface area (TPSA) is 78.9 Å². The van der Waals surface area contributed by atoms with E-state index in [1.807, 2.05) is 0 Å². The predicted octanol–water partition coefficient (Wildman–Crippen LogP) is 5.03. The van der Waals surface area contributed by atoms with Gasteiger partial charge in [-0.3, -0.25) is 0 Å². The van der Waals surface area contributed by atoms with Crippen LogP contribution in [0.5, 0.6) is 0 Å². The van der Waals surface area contributed by atoms with E-state index in [9.17, 15) is 35.9 Å². The first-order chi connectivity index (χ1) is 17.3. The minimum Gasteiger partial charge on any atom is -0.347 e. The number of nitrogens with zero attached hydrogens (tertiary/aromatic N) is 5. The smallest absolute Gasteiger partial charge is 0.347 e. The van der Waals surface area contributed by atoms with Gasteiger partial charge in [-0.2, -0.15) is 18.2 Å². The van der Waals surface area contributed by atoms with Crippen molar-refractivity contribution in [3.63, 3.8) is 0 Å². The van der Waals surface area contributed by atoms with Crippen molar-refractivity contribution in [2.75, 3.05) is 23.9 Å². The van der Waals surface area contributed by atoms with Gasteiger partial charge < -0.3 is 9.74 Å². The lowest BCUT2D eigenvalue weighted by molar-refractivity contribution is -0.229. The van der Waals surface area contributed by atoms with Crippen LogP contribution in [0.4, 0.5) is 48.6 Å². The van der Waals surface area contributed by atoms with Gasteiger partial charge in [-0.25, -0.2) is 32.6 Å². The average molecular weight is 525 g/mol. The molecule has 37 heavy (non-hydrogen) atoms. The fraction of sp³-hybridized carbons (Fsp3) is 0.217. The number of rotatable bonds is 4. The van der Waals surface area contributed by atoms with Crippen molar-refractivity contribution in [3.05, 3.63) is 65.0 Å². The molecule has 3 aromatic rings. The van der Waals surface area contributed by atoms with E-state index in [-0.39, 0.29) is 33.7 Å². The molecule has 0 aliphatic carbocycles. The SMILES string of the molecule is Cc1cc(F)ccc1-c1nc(N(C)C)nc2c1CN(OC(=O)C(F)(F)F)C(=O)N2c1c(F)cccc1F. The fourth-order valence-electron chi connectivity index (χ4n) is 3.65. The summed E-state index contributed by atoms with van der Waals surface area (Å²) in [5.41, 5.74) is -0.434. The lowest BCUT2D eigenvalue weighted by Crippen LogP contribution is -2.48. The molecule has 0 saturated heterocycles. The summed E-state index contributed by atoms with van der Waals surface area (Å²) in [6.07, 6.45) is -5.48. The second-order valence-electron chi connectivity index (χ2n) is 8.13. The van der Waals surface area contributed by atoms with Gasteiger partial charge in [-0.05, 0) is 42.8 Å². The number of anilines is 3. The van der Waals surface area contributed by atoms with E-state index >= 15 is 0 Å². The molecular weight excluding hydrogens is 508 g/mol. The zero-order chi connectivity index (χ0) is 27.2. The molecule has 1 aliphatic rings. The van der Waals surface area contributed by atoms with Crippen molar-refractivity contribution >= 4 is 29.5 Å². The van der Waals surface area contributed by atoms with Crippen LogP contribution in [0, 0.1) is 24.4 Å². The molecule has 4 rings (SSSR count). The molecule has 2 amide bonds. The Labute approximate surface area is 205 Å². The number of alkyl halides is 3. The van der Waals surface area contributed by atoms with Gasteiger partial charge in [0.2, 0.25) is 5.95 Å². The number of hydrogen-bond acceptors (Lipinski definition) is 6. The number of carbonyl (C=O) groups is 2. The third-order valence-electron chi connectivity index (χ3n) is 5.32. The molecular formula is C23H17F6N5O3. The normalized spacial score (nSPS) is 13.5. The Morgan fingerprint density at radius 2 is 1.70 bits per heavy atom. The van der Waals surface area contributed by atoms with Crippen LogP contribution in [0.1, 0.15) is 11.1 Å². The molecule has 194 valence electrons. The number of urea groups is 1. The Morgan fingerprint density at radius 3 is 2.27 bits per heavy atom. The van der Waals surface area contributed by atoms with Gasteiger partial charge in [0.05, 0.1) is 12.2 Å². The van der Waals surface area contributed by atoms with Crippen molar-refractivity contribution < 1.29 is 40.8 Å². The van der Waals surface area contributed by atoms with Crippen molar-refractivity contribution in [2.24, 2.45) is 0 Å². The molecule has 1 aliphatic heterocycles. The number of halogens is 6. The van der Waals surface area contributed by atoms with Crippen molar-refractivity contribution in [1.29, 1.82) is 0 Å². The second kappa shape index (κ2) is 9.26. The summed E-state index contributed by atoms with van der Waals surface area (Å²) in [6.45, 7) is 0.731. The highest BCUT2D eigenvalue weighted by atomic mass is 19.4. The third kappa shape index (κ3) is 4.73. The van der Waals surface area contributed by atoms with Gasteiger partial charge in [0.25, 0.3) is 0 Å². The number of benzene rings is 2. The highest BCUT2D eigenvalue weighted by Crippen LogP contribution is 2.42. The van der Waals surface area contributed by atoms with Crippen molar-refractivity contribution in [3.8, 4) is 11.3 Å². The maximum atomic E-state index is 14.8. The molecule has 8 nitrogen and oxygen atoms in total. The molecule has 0 saturated carbocycles. The third-order valence-corrected chi connectivity index (χ3v) is 5.32. The molecule has 0 fully saturated rings. The molecule has 0 radical (unpaired) electrons. The van der Waals surface area contributed by atoms with Crippen molar-refractivity contribution in [2.45, 2.75) is 19.6 Å². The minimum atomic E-state index is -5.48. The number of fused-ring (bicyclic) bond motifs is 1. The molecule has 0 atom stereocenters. The summed E-state index contributed by atoms with van der Waals surface area (Å²) in [4.78, 5) is 39.5. The molecule has 1 aromatic heterocycles. The van der Waals surface area contributed by atoms with Crippen LogP contribution < -0.4 is 9.80 Å². The Hall–Kier alpha value is -4.36. The van der Waals surface area contributed by atoms with Gasteiger partial charge in [0.1, 0.15) is 23.1 Å². The monoisotopic (exact) mass is 525 g/mol. The second-order valence-corrected chi connectivity index (χ2v) is 8.13. The van der Waals surface area contributed by atoms with E-state index in [0.717, 1.165) is 24.3 Å². The van der Waals surface area contributed by atoms with Crippen LogP contribution >= 0.6 is 0 Å². The summed E-state index contributed by atoms with van der Waals surface area (Å²) in [7, 11) is 3.08. The zero-order valence-corrected chi connectivity index (χ0v) is 19.4. The first-order valence-electron chi connectivity index (χ1n) is 10.5. The molecule has 0 unspecified atom stereocenters. The van der Waals surface area contributed by atoms with Crippen LogP contribution in [-0.2, 0) is 16.2 Å². The van der Waals surface area contributed by atoms with Crippen molar-refractivity contribution in [1.82, 2.24) is 15.0 Å². The van der Waals surface area contributed by atoms with Gasteiger partial charge >= 0.3 is 18.2 Å². The van der Waals surface area contributed by atoms with Crippen LogP contribution in [0.3, 0.4) is 0 Å². The lowest BCUT2D eigenvalue weighted by atomic mass is 10.00. The van der Waals surface area contributed by atoms with Crippen LogP contribution in [0.15, 0.2) is 36.4 Å². The quantitative estimate of drug-likeness (QED) is 0.445. The van der Waals surface area contributed by atoms with Gasteiger partial charge in [-0.15, -0.1) is 5.06 Å². The number of para-hydroxylation sites is 1. The standard InChI is InChI=1S/C23H17F6N5O3/c1-11-9-12(24)7-8-13(11)17-14-10-33(37-20(35)23(27,28)29)22(36)34(18-15(25)5-4-6-16(18)26)19(14)31-21(30-17)32(2)3/h4-9H,10H2,1-3H3. The van der Waals surface area contributed by atoms with Crippen LogP contribution in [-0.4, -0.2) is 47.3 Å². The highest BCUT2D eigenvalue weighted by Gasteiger charge is 2.46. The highest BCUT2D eigenvalue weighted by molar-refractivity contribution is 6.02. The number of hydrogen-bond donors (Lipinski definition) is 0. The largest absolute Gasteiger partial charge is 0.493 e. The number of carbonyl (C=O) groups excluding carboxylic acids is 2. The van der Waals surface area contributed by atoms with E-state index in [1.165, 1.54) is 24.0 Å². The van der Waals surface area contributed by atoms with E-state index in [2.05, 4.69) is 14.8 Å². The van der Waals surface area contributed by atoms with E-state index < -0.39 is 47.9 Å². The van der Waals surface area contributed by atoms with E-state index in [4.69, 9.17) is 0 Å². The van der Waals surface area contributed by atoms with E-state index in [0.29, 0.717) is 10.5 Å².